The van der Waals surface area contributed by atoms with Gasteiger partial charge in [0.15, 0.2) is 35.4 Å². The topological polar surface area (TPSA) is 202 Å². The number of nitrogens with zero attached hydrogens (tertiary/aromatic N) is 20. The number of halogens is 11. The first-order valence-electron chi connectivity index (χ1n) is 50.1. The number of fused-ring (bicyclic) bond motifs is 25. The van der Waals surface area contributed by atoms with Crippen LogP contribution in [0.2, 0.25) is 0 Å². The monoisotopic (exact) mass is 2010 g/mol. The SMILES string of the molecule is CCN1CC2CN(C)C(C)CN2c2c1c(=O)n(C)c1c(F)c(C)c(F)cc21.Cc1c(F)cc2c3c(c(=O)n(C)c2c1F)N(C(C)F)CC1CN(C)C(C)CN31.Cc1c(F)cc2c3c(c(=O)n(C)c2c1F)N(C)CC1CN(C)C(C)CN31.Cc1c(F)cc2c3c(c(=O)n(C)c2c1F)N(C1CCCCC1)C(=O)C1CN(C)C(C)CN31.Cc1c(F)cc2c3c(c(=O)n(C)c2c1F)N(C1CCOC1)C(=O)C1CN(C)C(C)CN31. The van der Waals surface area contributed by atoms with Gasteiger partial charge in [-0.05, 0) is 168 Å². The van der Waals surface area contributed by atoms with E-state index in [2.05, 4.69) is 81.0 Å². The number of ether oxygens (including phenoxy) is 1. The summed E-state index contributed by atoms with van der Waals surface area (Å²) in [5, 5.41) is 1.93. The summed E-state index contributed by atoms with van der Waals surface area (Å²) in [6.07, 6.45) is 4.02. The van der Waals surface area contributed by atoms with Gasteiger partial charge >= 0.3 is 0 Å². The van der Waals surface area contributed by atoms with Gasteiger partial charge in [0.05, 0.1) is 86.8 Å². The average Bonchev–Trinajstić information content (AvgIpc) is 0.922. The molecule has 1 saturated carbocycles. The van der Waals surface area contributed by atoms with Crippen molar-refractivity contribution in [3.63, 3.8) is 0 Å². The Balaban J connectivity index is 0.000000119. The molecule has 11 aliphatic heterocycles. The number of pyridine rings is 5. The van der Waals surface area contributed by atoms with Crippen molar-refractivity contribution in [3.05, 3.63) is 168 Å². The van der Waals surface area contributed by atoms with Gasteiger partial charge in [-0.1, -0.05) is 19.3 Å². The van der Waals surface area contributed by atoms with Crippen LogP contribution in [0.4, 0.5) is 105 Å². The summed E-state index contributed by atoms with van der Waals surface area (Å²) in [4.78, 5) is 124. The molecule has 1 aliphatic carbocycles. The van der Waals surface area contributed by atoms with E-state index in [1.807, 2.05) is 61.6 Å². The van der Waals surface area contributed by atoms with Crippen molar-refractivity contribution in [2.45, 2.75) is 200 Å². The maximum atomic E-state index is 15.3. The number of piperazine rings is 5. The second-order valence-corrected chi connectivity index (χ2v) is 42.3. The van der Waals surface area contributed by atoms with Gasteiger partial charge in [-0.3, -0.25) is 63.0 Å². The molecule has 0 N–H and O–H groups in total. The van der Waals surface area contributed by atoms with Gasteiger partial charge in [0.2, 0.25) is 0 Å². The predicted molar refractivity (Wildman–Crippen MR) is 545 cm³/mol. The van der Waals surface area contributed by atoms with Crippen LogP contribution >= 0.6 is 0 Å². The molecule has 22 rings (SSSR count). The Kier molecular flexibility index (Phi) is 27.3. The number of aromatic nitrogens is 5. The number of rotatable bonds is 4. The Morgan fingerprint density at radius 1 is 0.319 bits per heavy atom. The molecule has 5 aromatic heterocycles. The number of aryl methyl sites for hydroxylation is 5. The maximum Gasteiger partial charge on any atom is 0.277 e. The van der Waals surface area contributed by atoms with E-state index < -0.39 is 93.2 Å². The van der Waals surface area contributed by atoms with Crippen LogP contribution in [0.3, 0.4) is 0 Å². The molecule has 7 fully saturated rings. The number of alkyl halides is 1. The van der Waals surface area contributed by atoms with Crippen LogP contribution in [0.25, 0.3) is 54.5 Å². The van der Waals surface area contributed by atoms with Crippen molar-refractivity contribution in [2.75, 3.05) is 196 Å². The first-order chi connectivity index (χ1) is 68.0. The molecule has 0 radical (unpaired) electrons. The van der Waals surface area contributed by atoms with E-state index in [0.717, 1.165) is 64.8 Å². The van der Waals surface area contributed by atoms with Crippen molar-refractivity contribution >= 4 is 123 Å². The molecule has 6 saturated heterocycles. The molecule has 2 amide bonds. The van der Waals surface area contributed by atoms with E-state index in [4.69, 9.17) is 4.74 Å². The van der Waals surface area contributed by atoms with E-state index in [1.54, 1.807) is 23.9 Å². The lowest BCUT2D eigenvalue weighted by Crippen LogP contribution is -2.66. The van der Waals surface area contributed by atoms with Crippen LogP contribution in [0.15, 0.2) is 54.3 Å². The molecule has 16 heterocycles. The van der Waals surface area contributed by atoms with E-state index in [1.165, 1.54) is 121 Å². The standard InChI is InChI=1S/C24H30F2N4O2.C22H26F2N4O3.C20H25F3N4O.C20H26F2N4O.C19H24F2N4O/c1-13-11-29-18(12-27(13)3)23(31)30(15-8-6-5-7-9-15)22-21(29)16-10-17(25)14(2)19(26)20(16)28(4)24(22)32;1-11-8-27-16(9-25(11)3)21(29)28(13-5-6-31-10-13)20-19(27)14-7-15(23)12(2)17(24)18(14)26(4)22(20)30;1-10-7-27-13(8-24(10)4)9-26(12(3)21)19-18(27)14-6-15(22)11(2)16(23)17(14)25(5)20(19)28;1-6-25-10-13-9-23(4)11(2)8-26(13)18-14-7-15(21)12(3)16(22)17(14)24(5)20(27)19(18)25;1-10-7-25-12(8-22(10)3)9-23(4)18-17(25)13-6-14(20)11(2)15(21)16(13)24(5)19(18)26/h10,13,15,18H,5-9,11-12H2,1-4H3;7,11,13,16H,5-6,8-10H2,1-4H3;6,10,12-13H,7-9H2,1-5H3;7,11,13H,6,8-10H2,1-5H3;6,10,12H,7-9H2,1-5H3. The molecule has 10 aromatic rings. The number of carbonyl (C=O) groups is 2. The van der Waals surface area contributed by atoms with Crippen LogP contribution in [0.1, 0.15) is 115 Å². The fraction of sp³-hybridized carbons (Fsp3) is 0.552. The number of hydrogen-bond acceptors (Lipinski definition) is 21. The van der Waals surface area contributed by atoms with Crippen LogP contribution in [-0.4, -0.2) is 285 Å². The summed E-state index contributed by atoms with van der Waals surface area (Å²) in [6.45, 7) is 30.4. The van der Waals surface area contributed by atoms with Gasteiger partial charge in [0, 0.05) is 232 Å². The summed E-state index contributed by atoms with van der Waals surface area (Å²) in [7, 11) is 19.6. The maximum absolute atomic E-state index is 15.3. The highest BCUT2D eigenvalue weighted by Crippen LogP contribution is 2.51. The molecule has 39 heteroatoms. The second kappa shape index (κ2) is 38.4. The largest absolute Gasteiger partial charge is 0.379 e. The number of benzene rings is 5. The van der Waals surface area contributed by atoms with Crippen LogP contribution in [-0.2, 0) is 49.6 Å². The van der Waals surface area contributed by atoms with Gasteiger partial charge in [-0.2, -0.15) is 0 Å². The zero-order valence-electron chi connectivity index (χ0n) is 86.3. The fourth-order valence-corrected chi connectivity index (χ4v) is 24.3. The fourth-order valence-electron chi connectivity index (χ4n) is 24.3. The third kappa shape index (κ3) is 16.4. The van der Waals surface area contributed by atoms with Gasteiger partial charge in [0.25, 0.3) is 39.6 Å². The Morgan fingerprint density at radius 2 is 0.604 bits per heavy atom. The average molecular weight is 2010 g/mol. The first kappa shape index (κ1) is 102. The van der Waals surface area contributed by atoms with Gasteiger partial charge < -0.3 is 71.7 Å². The van der Waals surface area contributed by atoms with E-state index in [0.29, 0.717) is 157 Å². The lowest BCUT2D eigenvalue weighted by Gasteiger charge is -2.51. The van der Waals surface area contributed by atoms with Crippen molar-refractivity contribution in [2.24, 2.45) is 35.2 Å². The lowest BCUT2D eigenvalue weighted by atomic mass is 9.90. The summed E-state index contributed by atoms with van der Waals surface area (Å²) in [5.41, 5.74) is 2.80. The third-order valence-electron chi connectivity index (χ3n) is 33.6. The number of amides is 2. The number of anilines is 10. The van der Waals surface area contributed by atoms with Crippen LogP contribution in [0.5, 0.6) is 0 Å². The molecular weight excluding hydrogens is 1880 g/mol. The number of hydrogen-bond donors (Lipinski definition) is 0. The first-order valence-corrected chi connectivity index (χ1v) is 50.1. The molecule has 12 unspecified atom stereocenters. The zero-order valence-corrected chi connectivity index (χ0v) is 86.3. The minimum atomic E-state index is -1.39. The van der Waals surface area contributed by atoms with Crippen molar-refractivity contribution in [3.8, 4) is 0 Å². The number of carbonyl (C=O) groups excluding carboxylic acids is 2. The highest BCUT2D eigenvalue weighted by Gasteiger charge is 2.53. The molecule has 5 aromatic carbocycles. The molecule has 776 valence electrons. The van der Waals surface area contributed by atoms with Gasteiger partial charge in [-0.25, -0.2) is 48.3 Å². The highest BCUT2D eigenvalue weighted by atomic mass is 19.2. The van der Waals surface area contributed by atoms with Gasteiger partial charge in [-0.15, -0.1) is 0 Å². The lowest BCUT2D eigenvalue weighted by molar-refractivity contribution is -0.122. The molecule has 28 nitrogen and oxygen atoms in total. The summed E-state index contributed by atoms with van der Waals surface area (Å²) >= 11 is 0. The molecule has 0 spiro atoms. The quantitative estimate of drug-likeness (QED) is 0.119. The molecule has 0 bridgehead atoms. The van der Waals surface area contributed by atoms with Crippen molar-refractivity contribution in [1.29, 1.82) is 0 Å². The summed E-state index contributed by atoms with van der Waals surface area (Å²) < 4.78 is 174. The molecular formula is C105H131F11N20O8. The minimum absolute atomic E-state index is 0.0519. The van der Waals surface area contributed by atoms with Crippen molar-refractivity contribution in [1.82, 2.24) is 47.3 Å². The zero-order chi connectivity index (χ0) is 104. The Hall–Kier alpha value is -11.5. The van der Waals surface area contributed by atoms with Crippen LogP contribution < -0.4 is 76.8 Å². The summed E-state index contributed by atoms with van der Waals surface area (Å²) in [5.74, 6) is -6.90. The number of likely N-dealkylation sites (N-methyl/N-ethyl adjacent to an activating group) is 7. The molecule has 12 aliphatic rings. The Morgan fingerprint density at radius 3 is 0.938 bits per heavy atom. The smallest absolute Gasteiger partial charge is 0.277 e. The van der Waals surface area contributed by atoms with E-state index in [-0.39, 0.29) is 144 Å². The van der Waals surface area contributed by atoms with E-state index >= 15 is 8.78 Å². The van der Waals surface area contributed by atoms with E-state index in [9.17, 15) is 73.1 Å². The third-order valence-corrected chi connectivity index (χ3v) is 33.6. The van der Waals surface area contributed by atoms with Crippen molar-refractivity contribution < 1.29 is 62.6 Å². The Labute approximate surface area is 829 Å². The summed E-state index contributed by atoms with van der Waals surface area (Å²) in [6, 6.07) is 6.64. The van der Waals surface area contributed by atoms with Gasteiger partial charge in [0.1, 0.15) is 69.6 Å². The molecule has 12 atom stereocenters. The normalized spacial score (nSPS) is 24.3. The van der Waals surface area contributed by atoms with Crippen LogP contribution in [0, 0.1) is 92.8 Å². The second-order valence-electron chi connectivity index (χ2n) is 42.3. The molecule has 144 heavy (non-hydrogen) atoms. The highest BCUT2D eigenvalue weighted by molar-refractivity contribution is 6.14. The Bertz CT molecular complexity index is 7260. The predicted octanol–water partition coefficient (Wildman–Crippen LogP) is 12.4. The minimum Gasteiger partial charge on any atom is -0.379 e.